The van der Waals surface area contributed by atoms with E-state index in [1.165, 1.54) is 11.9 Å². The maximum Gasteiger partial charge on any atom is 0.305 e. The highest BCUT2D eigenvalue weighted by Crippen LogP contribution is 2.23. The molecular formula is C35H52N10O9S2. The molecule has 1 saturated heterocycles. The van der Waals surface area contributed by atoms with Gasteiger partial charge < -0.3 is 58.4 Å². The molecule has 1 aromatic carbocycles. The number of carbonyl (C=O) groups excluding carboxylic acids is 7. The summed E-state index contributed by atoms with van der Waals surface area (Å²) in [6.45, 7) is -0.125. The Balaban J connectivity index is 1.83. The lowest BCUT2D eigenvalue weighted by Gasteiger charge is -2.30. The lowest BCUT2D eigenvalue weighted by molar-refractivity contribution is -0.144. The molecule has 0 radical (unpaired) electrons. The zero-order valence-corrected chi connectivity index (χ0v) is 32.9. The Labute approximate surface area is 334 Å². The van der Waals surface area contributed by atoms with E-state index < -0.39 is 96.5 Å². The minimum Gasteiger partial charge on any atom is -0.481 e. The Hall–Kier alpha value is -4.86. The number of carboxylic acid groups (broad SMARTS) is 1. The summed E-state index contributed by atoms with van der Waals surface area (Å²) in [4.78, 5) is 110. The van der Waals surface area contributed by atoms with Crippen molar-refractivity contribution in [1.82, 2.24) is 36.1 Å². The zero-order chi connectivity index (χ0) is 41.5. The van der Waals surface area contributed by atoms with Gasteiger partial charge in [-0.25, -0.2) is 0 Å². The molecule has 56 heavy (non-hydrogen) atoms. The minimum atomic E-state index is -1.69. The van der Waals surface area contributed by atoms with E-state index in [1.54, 1.807) is 12.3 Å². The van der Waals surface area contributed by atoms with E-state index >= 15 is 0 Å². The molecule has 1 aromatic heterocycles. The van der Waals surface area contributed by atoms with E-state index in [9.17, 15) is 43.5 Å². The van der Waals surface area contributed by atoms with Gasteiger partial charge in [-0.3, -0.25) is 38.4 Å². The number of primary amides is 1. The van der Waals surface area contributed by atoms with Crippen LogP contribution >= 0.6 is 25.3 Å². The second-order valence-electron chi connectivity index (χ2n) is 13.5. The zero-order valence-electron chi connectivity index (χ0n) is 31.1. The summed E-state index contributed by atoms with van der Waals surface area (Å²) in [5.41, 5.74) is 18.1. The molecule has 2 heterocycles. The van der Waals surface area contributed by atoms with E-state index in [4.69, 9.17) is 17.2 Å². The first-order valence-corrected chi connectivity index (χ1v) is 19.4. The van der Waals surface area contributed by atoms with E-state index in [1.807, 2.05) is 18.2 Å². The number of thiol groups is 2. The number of amides is 7. The molecule has 3 rings (SSSR count). The highest BCUT2D eigenvalue weighted by molar-refractivity contribution is 7.80. The number of unbranched alkanes of at least 4 members (excludes halogenated alkanes) is 1. The first-order chi connectivity index (χ1) is 26.6. The number of fused-ring (bicyclic) bond motifs is 1. The third kappa shape index (κ3) is 12.8. The fraction of sp³-hybridized carbons (Fsp3) is 0.543. The number of nitrogens with one attached hydrogen (secondary N) is 5. The number of carbonyl (C=O) groups is 8. The van der Waals surface area contributed by atoms with Gasteiger partial charge in [0.05, 0.1) is 19.0 Å². The van der Waals surface area contributed by atoms with E-state index in [2.05, 4.69) is 51.5 Å². The quantitative estimate of drug-likeness (QED) is 0.0432. The Morgan fingerprint density at radius 3 is 2.29 bits per heavy atom. The number of para-hydroxylation sites is 1. The van der Waals surface area contributed by atoms with Gasteiger partial charge in [-0.05, 0) is 50.3 Å². The van der Waals surface area contributed by atoms with Gasteiger partial charge in [0.2, 0.25) is 41.4 Å². The molecule has 2 aromatic rings. The van der Waals surface area contributed by atoms with Crippen LogP contribution in [0.25, 0.3) is 10.9 Å². The van der Waals surface area contributed by atoms with Crippen LogP contribution in [0.15, 0.2) is 30.5 Å². The van der Waals surface area contributed by atoms with Gasteiger partial charge in [0.15, 0.2) is 0 Å². The molecule has 0 spiro atoms. The molecule has 1 aliphatic rings. The van der Waals surface area contributed by atoms with Crippen molar-refractivity contribution in [2.24, 2.45) is 17.2 Å². The largest absolute Gasteiger partial charge is 0.481 e. The van der Waals surface area contributed by atoms with Crippen molar-refractivity contribution in [2.45, 2.75) is 81.2 Å². The van der Waals surface area contributed by atoms with Gasteiger partial charge in [0, 0.05) is 48.6 Å². The van der Waals surface area contributed by atoms with E-state index in [0.29, 0.717) is 31.4 Å². The fourth-order valence-corrected chi connectivity index (χ4v) is 6.70. The van der Waals surface area contributed by atoms with Crippen LogP contribution in [0.5, 0.6) is 0 Å². The van der Waals surface area contributed by atoms with Crippen molar-refractivity contribution in [3.8, 4) is 0 Å². The third-order valence-corrected chi connectivity index (χ3v) is 10.0. The van der Waals surface area contributed by atoms with Gasteiger partial charge in [0.1, 0.15) is 30.2 Å². The molecular weight excluding hydrogens is 769 g/mol. The molecule has 0 bridgehead atoms. The van der Waals surface area contributed by atoms with Crippen molar-refractivity contribution in [3.05, 3.63) is 36.0 Å². The van der Waals surface area contributed by atoms with Crippen molar-refractivity contribution < 1.29 is 43.5 Å². The Bertz CT molecular complexity index is 1740. The van der Waals surface area contributed by atoms with Crippen LogP contribution < -0.4 is 38.5 Å². The molecule has 12 N–H and O–H groups in total. The summed E-state index contributed by atoms with van der Waals surface area (Å²) < 4.78 is 0. The number of aromatic nitrogens is 1. The number of carboxylic acids is 1. The number of hydrogen-bond acceptors (Lipinski definition) is 12. The summed E-state index contributed by atoms with van der Waals surface area (Å²) in [6.07, 6.45) is 2.63. The number of rotatable bonds is 22. The number of aromatic amines is 1. The molecule has 1 aliphatic heterocycles. The average molecular weight is 821 g/mol. The number of aliphatic carboxylic acids is 1. The standard InChI is InChI=1S/C35H52N10O9S2/c1-44(34(53)23(9-4-5-11-36)41-31(50)21(37)17-55)16-28(46)40-24(14-29(47)48)32(51)42-25(13-19-15-39-22-8-3-2-7-20(19)22)35(54)45-12-6-10-27(45)33(52)43-26(18-56)30(38)49/h2-3,7-8,15,21,23-27,39,55-56H,4-6,9-14,16-18,36-37H2,1H3,(H2,38,49)(H,40,46)(H,41,50)(H,42,51)(H,43,52)(H,47,48)/t21-,23-,24-,25-,26-,27-/m0/s1. The first kappa shape index (κ1) is 45.5. The molecule has 0 saturated carbocycles. The van der Waals surface area contributed by atoms with Gasteiger partial charge in [-0.2, -0.15) is 25.3 Å². The van der Waals surface area contributed by atoms with Crippen molar-refractivity contribution in [1.29, 1.82) is 0 Å². The molecule has 19 nitrogen and oxygen atoms in total. The molecule has 7 amide bonds. The Morgan fingerprint density at radius 2 is 1.64 bits per heavy atom. The number of likely N-dealkylation sites (N-methyl/N-ethyl adjacent to an activating group) is 1. The number of likely N-dealkylation sites (tertiary alicyclic amines) is 1. The molecule has 0 aliphatic carbocycles. The fourth-order valence-electron chi connectivity index (χ4n) is 6.27. The summed E-state index contributed by atoms with van der Waals surface area (Å²) in [5.74, 6) is -6.75. The van der Waals surface area contributed by atoms with E-state index in [0.717, 1.165) is 15.8 Å². The summed E-state index contributed by atoms with van der Waals surface area (Å²) in [6, 6.07) is 0.0642. The predicted octanol–water partition coefficient (Wildman–Crippen LogP) is -2.63. The minimum absolute atomic E-state index is 0.0246. The highest BCUT2D eigenvalue weighted by atomic mass is 32.1. The van der Waals surface area contributed by atoms with Crippen molar-refractivity contribution in [3.63, 3.8) is 0 Å². The smallest absolute Gasteiger partial charge is 0.305 e. The third-order valence-electron chi connectivity index (χ3n) is 9.28. The lowest BCUT2D eigenvalue weighted by Crippen LogP contribution is -2.59. The number of hydrogen-bond donors (Lipinski definition) is 11. The lowest BCUT2D eigenvalue weighted by atomic mass is 10.0. The number of benzene rings is 1. The van der Waals surface area contributed by atoms with Gasteiger partial charge in [0.25, 0.3) is 0 Å². The second-order valence-corrected chi connectivity index (χ2v) is 14.2. The summed E-state index contributed by atoms with van der Waals surface area (Å²) >= 11 is 8.08. The monoisotopic (exact) mass is 820 g/mol. The summed E-state index contributed by atoms with van der Waals surface area (Å²) in [5, 5.41) is 20.5. The highest BCUT2D eigenvalue weighted by Gasteiger charge is 2.40. The van der Waals surface area contributed by atoms with Crippen LogP contribution in [-0.4, -0.2) is 142 Å². The summed E-state index contributed by atoms with van der Waals surface area (Å²) in [7, 11) is 1.30. The molecule has 21 heteroatoms. The molecule has 0 unspecified atom stereocenters. The van der Waals surface area contributed by atoms with Crippen LogP contribution in [-0.2, 0) is 44.8 Å². The topological polar surface area (TPSA) is 305 Å². The van der Waals surface area contributed by atoms with Crippen LogP contribution in [0.1, 0.15) is 44.1 Å². The Kier molecular flexibility index (Phi) is 17.9. The second kappa shape index (κ2) is 22.0. The maximum absolute atomic E-state index is 14.2. The first-order valence-electron chi connectivity index (χ1n) is 18.1. The normalized spacial score (nSPS) is 16.5. The van der Waals surface area contributed by atoms with Crippen LogP contribution in [0.3, 0.4) is 0 Å². The van der Waals surface area contributed by atoms with Crippen molar-refractivity contribution >= 4 is 83.5 Å². The van der Waals surface area contributed by atoms with Crippen LogP contribution in [0.4, 0.5) is 0 Å². The SMILES string of the molecule is CN(CC(=O)N[C@@H](CC(=O)O)C(=O)N[C@@H](Cc1c[nH]c2ccccc12)C(=O)N1CCC[C@H]1C(=O)N[C@@H](CS)C(N)=O)C(=O)[C@H](CCCCN)NC(=O)[C@@H](N)CS. The number of nitrogens with zero attached hydrogens (tertiary/aromatic N) is 2. The molecule has 1 fully saturated rings. The molecule has 6 atom stereocenters. The van der Waals surface area contributed by atoms with Crippen LogP contribution in [0.2, 0.25) is 0 Å². The van der Waals surface area contributed by atoms with Crippen LogP contribution in [0, 0.1) is 0 Å². The number of nitrogens with two attached hydrogens (primary N) is 3. The predicted molar refractivity (Wildman–Crippen MR) is 212 cm³/mol. The average Bonchev–Trinajstić information content (AvgIpc) is 3.82. The Morgan fingerprint density at radius 1 is 0.946 bits per heavy atom. The maximum atomic E-state index is 14.2. The van der Waals surface area contributed by atoms with Gasteiger partial charge in [-0.15, -0.1) is 0 Å². The van der Waals surface area contributed by atoms with Gasteiger partial charge >= 0.3 is 5.97 Å². The molecule has 308 valence electrons. The van der Waals surface area contributed by atoms with E-state index in [-0.39, 0.29) is 37.3 Å². The number of H-pyrrole nitrogens is 1. The van der Waals surface area contributed by atoms with Crippen molar-refractivity contribution in [2.75, 3.05) is 38.2 Å². The van der Waals surface area contributed by atoms with Gasteiger partial charge in [-0.1, -0.05) is 18.2 Å².